The second kappa shape index (κ2) is 4.53. The summed E-state index contributed by atoms with van der Waals surface area (Å²) in [7, 11) is 0. The number of hydrogen-bond acceptors (Lipinski definition) is 4. The monoisotopic (exact) mass is 269 g/mol. The van der Waals surface area contributed by atoms with Gasteiger partial charge >= 0.3 is 0 Å². The van der Waals surface area contributed by atoms with Crippen molar-refractivity contribution in [1.82, 2.24) is 4.98 Å². The maximum Gasteiger partial charge on any atom is 0.161 e. The van der Waals surface area contributed by atoms with Crippen LogP contribution in [0.4, 0.5) is 5.69 Å². The molecule has 4 heteroatoms. The summed E-state index contributed by atoms with van der Waals surface area (Å²) in [5.74, 6) is 0.905. The van der Waals surface area contributed by atoms with Crippen LogP contribution < -0.4 is 5.32 Å². The molecule has 0 spiro atoms. The predicted octanol–water partition coefficient (Wildman–Crippen LogP) is 3.53. The molecule has 19 heavy (non-hydrogen) atoms. The van der Waals surface area contributed by atoms with Crippen molar-refractivity contribution in [2.24, 2.45) is 10.9 Å². The lowest BCUT2D eigenvalue weighted by atomic mass is 10.1. The van der Waals surface area contributed by atoms with Crippen LogP contribution in [-0.4, -0.2) is 21.9 Å². The van der Waals surface area contributed by atoms with Crippen molar-refractivity contribution in [2.45, 2.75) is 18.1 Å². The first-order valence-corrected chi connectivity index (χ1v) is 7.59. The van der Waals surface area contributed by atoms with Crippen LogP contribution in [0.15, 0.2) is 41.7 Å². The first kappa shape index (κ1) is 11.3. The molecule has 1 aromatic carbocycles. The highest BCUT2D eigenvalue weighted by Gasteiger charge is 2.35. The molecule has 1 aliphatic heterocycles. The van der Waals surface area contributed by atoms with Gasteiger partial charge in [-0.15, -0.1) is 0 Å². The molecule has 0 bridgehead atoms. The van der Waals surface area contributed by atoms with Gasteiger partial charge in [0.05, 0.1) is 6.54 Å². The Labute approximate surface area is 116 Å². The lowest BCUT2D eigenvalue weighted by Gasteiger charge is -2.10. The van der Waals surface area contributed by atoms with Gasteiger partial charge in [-0.3, -0.25) is 9.98 Å². The molecule has 0 saturated heterocycles. The topological polar surface area (TPSA) is 37.3 Å². The fourth-order valence-electron chi connectivity index (χ4n) is 2.51. The molecule has 2 heterocycles. The predicted molar refractivity (Wildman–Crippen MR) is 81.8 cm³/mol. The van der Waals surface area contributed by atoms with Gasteiger partial charge in [-0.05, 0) is 36.3 Å². The lowest BCUT2D eigenvalue weighted by molar-refractivity contribution is 0.773. The number of pyridine rings is 1. The average Bonchev–Trinajstić information content (AvgIpc) is 3.20. The molecule has 1 aromatic heterocycles. The van der Waals surface area contributed by atoms with Gasteiger partial charge < -0.3 is 5.32 Å². The molecule has 1 N–H and O–H groups in total. The standard InChI is InChI=1S/C15H15N3S/c1-2-10-6-7-16-8-12(10)13(3-1)18-15-17-9-14(19-15)11-4-5-11/h1-3,6-8,11,14H,4-5,9H2,(H,17,18). The molecule has 3 nitrogen and oxygen atoms in total. The number of amidine groups is 1. The molecule has 1 fully saturated rings. The Bertz CT molecular complexity index is 643. The Morgan fingerprint density at radius 2 is 2.16 bits per heavy atom. The second-order valence-corrected chi connectivity index (χ2v) is 6.39. The molecule has 1 aliphatic carbocycles. The van der Waals surface area contributed by atoms with Gasteiger partial charge in [-0.25, -0.2) is 0 Å². The molecule has 1 atom stereocenters. The van der Waals surface area contributed by atoms with E-state index in [-0.39, 0.29) is 0 Å². The van der Waals surface area contributed by atoms with E-state index in [4.69, 9.17) is 0 Å². The van der Waals surface area contributed by atoms with Gasteiger partial charge in [0.2, 0.25) is 0 Å². The highest BCUT2D eigenvalue weighted by Crippen LogP contribution is 2.42. The van der Waals surface area contributed by atoms with E-state index in [1.807, 2.05) is 30.2 Å². The number of rotatable bonds is 2. The van der Waals surface area contributed by atoms with Crippen molar-refractivity contribution in [2.75, 3.05) is 11.9 Å². The maximum atomic E-state index is 4.63. The smallest absolute Gasteiger partial charge is 0.161 e. The van der Waals surface area contributed by atoms with E-state index in [1.165, 1.54) is 18.2 Å². The zero-order valence-electron chi connectivity index (χ0n) is 10.5. The molecule has 0 radical (unpaired) electrons. The van der Waals surface area contributed by atoms with Crippen LogP contribution in [0.25, 0.3) is 10.8 Å². The van der Waals surface area contributed by atoms with Crippen LogP contribution in [0.5, 0.6) is 0 Å². The number of nitrogens with zero attached hydrogens (tertiary/aromatic N) is 2. The van der Waals surface area contributed by atoms with E-state index in [9.17, 15) is 0 Å². The average molecular weight is 269 g/mol. The molecular formula is C15H15N3S. The molecule has 4 rings (SSSR count). The third-order valence-corrected chi connectivity index (χ3v) is 5.04. The Morgan fingerprint density at radius 3 is 3.05 bits per heavy atom. The number of thioether (sulfide) groups is 1. The lowest BCUT2D eigenvalue weighted by Crippen LogP contribution is -2.09. The molecule has 0 amide bonds. The summed E-state index contributed by atoms with van der Waals surface area (Å²) in [5.41, 5.74) is 1.10. The quantitative estimate of drug-likeness (QED) is 0.906. The number of hydrogen-bond donors (Lipinski definition) is 1. The SMILES string of the molecule is c1cc(NC2=NCC(C3CC3)S2)c2cnccc2c1. The third kappa shape index (κ3) is 2.21. The Morgan fingerprint density at radius 1 is 1.21 bits per heavy atom. The summed E-state index contributed by atoms with van der Waals surface area (Å²) in [6, 6.07) is 8.32. The number of fused-ring (bicyclic) bond motifs is 1. The highest BCUT2D eigenvalue weighted by atomic mass is 32.2. The molecule has 1 saturated carbocycles. The number of aromatic nitrogens is 1. The minimum absolute atomic E-state index is 0.704. The fourth-order valence-corrected chi connectivity index (χ4v) is 3.73. The molecule has 96 valence electrons. The Kier molecular flexibility index (Phi) is 2.69. The number of nitrogens with one attached hydrogen (secondary N) is 1. The van der Waals surface area contributed by atoms with Crippen LogP contribution >= 0.6 is 11.8 Å². The van der Waals surface area contributed by atoms with Crippen LogP contribution in [0, 0.1) is 5.92 Å². The minimum Gasteiger partial charge on any atom is -0.334 e. The molecule has 1 unspecified atom stereocenters. The fraction of sp³-hybridized carbons (Fsp3) is 0.333. The van der Waals surface area contributed by atoms with Gasteiger partial charge in [0, 0.05) is 28.7 Å². The van der Waals surface area contributed by atoms with Crippen LogP contribution in [0.2, 0.25) is 0 Å². The summed E-state index contributed by atoms with van der Waals surface area (Å²) >= 11 is 1.90. The number of aliphatic imine (C=N–C) groups is 1. The first-order valence-electron chi connectivity index (χ1n) is 6.71. The first-order chi connectivity index (χ1) is 9.40. The van der Waals surface area contributed by atoms with E-state index in [1.54, 1.807) is 0 Å². The molecule has 2 aliphatic rings. The molecule has 2 aromatic rings. The van der Waals surface area contributed by atoms with Crippen molar-refractivity contribution in [3.05, 3.63) is 36.7 Å². The Balaban J connectivity index is 1.58. The van der Waals surface area contributed by atoms with Gasteiger partial charge in [0.25, 0.3) is 0 Å². The zero-order chi connectivity index (χ0) is 12.7. The van der Waals surface area contributed by atoms with Crippen molar-refractivity contribution in [3.8, 4) is 0 Å². The summed E-state index contributed by atoms with van der Waals surface area (Å²) < 4.78 is 0. The maximum absolute atomic E-state index is 4.63. The normalized spacial score (nSPS) is 22.5. The van der Waals surface area contributed by atoms with E-state index in [0.717, 1.165) is 28.7 Å². The minimum atomic E-state index is 0.704. The number of anilines is 1. The van der Waals surface area contributed by atoms with Crippen LogP contribution in [-0.2, 0) is 0 Å². The Hall–Kier alpha value is -1.55. The van der Waals surface area contributed by atoms with Crippen molar-refractivity contribution >= 4 is 33.4 Å². The summed E-state index contributed by atoms with van der Waals surface area (Å²) in [5, 5.41) is 7.60. The van der Waals surface area contributed by atoms with Gasteiger partial charge in [0.15, 0.2) is 5.17 Å². The second-order valence-electron chi connectivity index (χ2n) is 5.17. The van der Waals surface area contributed by atoms with E-state index in [2.05, 4.69) is 33.5 Å². The number of benzene rings is 1. The highest BCUT2D eigenvalue weighted by molar-refractivity contribution is 8.15. The molecular weight excluding hydrogens is 254 g/mol. The third-order valence-electron chi connectivity index (χ3n) is 3.75. The van der Waals surface area contributed by atoms with Crippen LogP contribution in [0.3, 0.4) is 0 Å². The van der Waals surface area contributed by atoms with E-state index >= 15 is 0 Å². The van der Waals surface area contributed by atoms with Crippen molar-refractivity contribution in [1.29, 1.82) is 0 Å². The summed E-state index contributed by atoms with van der Waals surface area (Å²) in [6.07, 6.45) is 6.52. The van der Waals surface area contributed by atoms with E-state index < -0.39 is 0 Å². The largest absolute Gasteiger partial charge is 0.334 e. The van der Waals surface area contributed by atoms with Gasteiger partial charge in [-0.2, -0.15) is 0 Å². The summed E-state index contributed by atoms with van der Waals surface area (Å²) in [6.45, 7) is 0.973. The van der Waals surface area contributed by atoms with Gasteiger partial charge in [-0.1, -0.05) is 23.9 Å². The van der Waals surface area contributed by atoms with Crippen LogP contribution in [0.1, 0.15) is 12.8 Å². The van der Waals surface area contributed by atoms with E-state index in [0.29, 0.717) is 5.25 Å². The van der Waals surface area contributed by atoms with Crippen molar-refractivity contribution in [3.63, 3.8) is 0 Å². The zero-order valence-corrected chi connectivity index (χ0v) is 11.4. The van der Waals surface area contributed by atoms with Gasteiger partial charge in [0.1, 0.15) is 0 Å². The van der Waals surface area contributed by atoms with Crippen molar-refractivity contribution < 1.29 is 0 Å². The summed E-state index contributed by atoms with van der Waals surface area (Å²) in [4.78, 5) is 8.84.